The van der Waals surface area contributed by atoms with Crippen molar-refractivity contribution in [3.8, 4) is 0 Å². The molecule has 0 bridgehead atoms. The number of carbonyl (C=O) groups excluding carboxylic acids is 3. The lowest BCUT2D eigenvalue weighted by molar-refractivity contribution is -0.140. The summed E-state index contributed by atoms with van der Waals surface area (Å²) in [6, 6.07) is 0. The highest BCUT2D eigenvalue weighted by molar-refractivity contribution is 5.92. The minimum Gasteiger partial charge on any atom is -0.356 e. The molecule has 0 spiro atoms. The molecule has 6 nitrogen and oxygen atoms in total. The van der Waals surface area contributed by atoms with Crippen LogP contribution >= 0.6 is 0 Å². The molecule has 2 rings (SSSR count). The lowest BCUT2D eigenvalue weighted by atomic mass is 10.2. The predicted molar refractivity (Wildman–Crippen MR) is 78.3 cm³/mol. The molecule has 2 aliphatic rings. The monoisotopic (exact) mass is 295 g/mol. The Bertz CT molecular complexity index is 416. The fraction of sp³-hybridized carbons (Fsp3) is 0.800. The molecule has 2 atom stereocenters. The molecule has 2 fully saturated rings. The molecule has 1 aliphatic carbocycles. The average molecular weight is 295 g/mol. The Kier molecular flexibility index (Phi) is 5.20. The predicted octanol–water partition coefficient (Wildman–Crippen LogP) is 0.230. The van der Waals surface area contributed by atoms with Crippen LogP contribution in [0.25, 0.3) is 0 Å². The van der Waals surface area contributed by atoms with Gasteiger partial charge < -0.3 is 15.1 Å². The maximum Gasteiger partial charge on any atom is 0.226 e. The third kappa shape index (κ3) is 3.95. The molecule has 1 heterocycles. The minimum absolute atomic E-state index is 0.0178. The van der Waals surface area contributed by atoms with Crippen molar-refractivity contribution in [2.24, 2.45) is 11.8 Å². The molecule has 1 saturated heterocycles. The number of amides is 3. The van der Waals surface area contributed by atoms with E-state index in [1.807, 2.05) is 0 Å². The summed E-state index contributed by atoms with van der Waals surface area (Å²) in [5, 5.41) is 2.89. The normalized spacial score (nSPS) is 24.7. The van der Waals surface area contributed by atoms with Crippen molar-refractivity contribution in [3.63, 3.8) is 0 Å². The van der Waals surface area contributed by atoms with Crippen LogP contribution in [-0.2, 0) is 14.4 Å². The van der Waals surface area contributed by atoms with Gasteiger partial charge >= 0.3 is 0 Å². The Morgan fingerprint density at radius 2 is 1.67 bits per heavy atom. The van der Waals surface area contributed by atoms with Crippen LogP contribution in [0.15, 0.2) is 0 Å². The number of piperazine rings is 1. The van der Waals surface area contributed by atoms with Gasteiger partial charge in [0, 0.05) is 39.6 Å². The van der Waals surface area contributed by atoms with Gasteiger partial charge in [0.25, 0.3) is 0 Å². The van der Waals surface area contributed by atoms with Gasteiger partial charge in [-0.1, -0.05) is 13.3 Å². The van der Waals surface area contributed by atoms with Crippen molar-refractivity contribution in [2.75, 3.05) is 32.7 Å². The molecule has 1 N–H and O–H groups in total. The molecule has 0 aromatic carbocycles. The van der Waals surface area contributed by atoms with Gasteiger partial charge in [0.15, 0.2) is 0 Å². The summed E-state index contributed by atoms with van der Waals surface area (Å²) >= 11 is 0. The number of hydrogen-bond donors (Lipinski definition) is 1. The van der Waals surface area contributed by atoms with Crippen molar-refractivity contribution in [3.05, 3.63) is 0 Å². The lowest BCUT2D eigenvalue weighted by Gasteiger charge is -2.34. The Labute approximate surface area is 125 Å². The van der Waals surface area contributed by atoms with Gasteiger partial charge in [0.05, 0.1) is 11.8 Å². The summed E-state index contributed by atoms with van der Waals surface area (Å²) in [6.07, 6.45) is 2.70. The Morgan fingerprint density at radius 3 is 2.24 bits per heavy atom. The average Bonchev–Trinajstić information content (AvgIpc) is 3.27. The van der Waals surface area contributed by atoms with Gasteiger partial charge in [-0.25, -0.2) is 0 Å². The van der Waals surface area contributed by atoms with Crippen LogP contribution in [0.1, 0.15) is 33.1 Å². The molecule has 21 heavy (non-hydrogen) atoms. The molecule has 3 amide bonds. The quantitative estimate of drug-likeness (QED) is 0.738. The number of nitrogens with zero attached hydrogens (tertiary/aromatic N) is 2. The van der Waals surface area contributed by atoms with Crippen LogP contribution in [0.5, 0.6) is 0 Å². The molecule has 0 aromatic rings. The fourth-order valence-electron chi connectivity index (χ4n) is 2.75. The first-order valence-corrected chi connectivity index (χ1v) is 7.86. The van der Waals surface area contributed by atoms with Crippen molar-refractivity contribution in [2.45, 2.75) is 33.1 Å². The molecular weight excluding hydrogens is 270 g/mol. The number of carbonyl (C=O) groups is 3. The van der Waals surface area contributed by atoms with Crippen molar-refractivity contribution >= 4 is 17.7 Å². The zero-order valence-corrected chi connectivity index (χ0v) is 12.9. The van der Waals surface area contributed by atoms with E-state index < -0.39 is 0 Å². The van der Waals surface area contributed by atoms with E-state index in [-0.39, 0.29) is 29.6 Å². The Hall–Kier alpha value is -1.59. The summed E-state index contributed by atoms with van der Waals surface area (Å²) in [6.45, 7) is 6.69. The van der Waals surface area contributed by atoms with Gasteiger partial charge in [-0.05, 0) is 12.8 Å². The topological polar surface area (TPSA) is 69.7 Å². The van der Waals surface area contributed by atoms with E-state index in [1.165, 1.54) is 0 Å². The van der Waals surface area contributed by atoms with Crippen LogP contribution in [-0.4, -0.2) is 60.2 Å². The van der Waals surface area contributed by atoms with E-state index >= 15 is 0 Å². The van der Waals surface area contributed by atoms with Crippen LogP contribution in [0.4, 0.5) is 0 Å². The van der Waals surface area contributed by atoms with Crippen LogP contribution in [0, 0.1) is 11.8 Å². The second-order valence-corrected chi connectivity index (χ2v) is 5.92. The van der Waals surface area contributed by atoms with Gasteiger partial charge in [-0.3, -0.25) is 14.4 Å². The van der Waals surface area contributed by atoms with E-state index in [9.17, 15) is 14.4 Å². The fourth-order valence-corrected chi connectivity index (χ4v) is 2.75. The first kappa shape index (κ1) is 15.8. The molecule has 1 aliphatic heterocycles. The molecule has 1 saturated carbocycles. The first-order valence-electron chi connectivity index (χ1n) is 7.86. The van der Waals surface area contributed by atoms with E-state index in [0.29, 0.717) is 39.1 Å². The second kappa shape index (κ2) is 6.91. The largest absolute Gasteiger partial charge is 0.356 e. The van der Waals surface area contributed by atoms with E-state index in [0.717, 1.165) is 12.8 Å². The van der Waals surface area contributed by atoms with E-state index in [1.54, 1.807) is 16.7 Å². The molecule has 0 radical (unpaired) electrons. The second-order valence-electron chi connectivity index (χ2n) is 5.92. The third-order valence-electron chi connectivity index (χ3n) is 4.31. The van der Waals surface area contributed by atoms with Crippen LogP contribution in [0.3, 0.4) is 0 Å². The first-order chi connectivity index (χ1) is 10.0. The molecular formula is C15H25N3O3. The van der Waals surface area contributed by atoms with Gasteiger partial charge in [-0.15, -0.1) is 0 Å². The maximum absolute atomic E-state index is 12.3. The highest BCUT2D eigenvalue weighted by atomic mass is 16.2. The molecule has 0 aromatic heterocycles. The van der Waals surface area contributed by atoms with Gasteiger partial charge in [0.1, 0.15) is 0 Å². The summed E-state index contributed by atoms with van der Waals surface area (Å²) in [5.41, 5.74) is 0. The highest BCUT2D eigenvalue weighted by Gasteiger charge is 2.49. The standard InChI is InChI=1S/C15H25N3O3/c1-3-4-5-16-14(20)12-10-13(12)15(21)18-8-6-17(7-9-18)11(2)19/h12-13H,3-10H2,1-2H3,(H,16,20). The number of unbranched alkanes of at least 4 members (excludes halogenated alkanes) is 1. The van der Waals surface area contributed by atoms with Crippen molar-refractivity contribution < 1.29 is 14.4 Å². The summed E-state index contributed by atoms with van der Waals surface area (Å²) in [7, 11) is 0. The summed E-state index contributed by atoms with van der Waals surface area (Å²) in [4.78, 5) is 39.0. The van der Waals surface area contributed by atoms with Crippen LogP contribution in [0.2, 0.25) is 0 Å². The van der Waals surface area contributed by atoms with Crippen molar-refractivity contribution in [1.82, 2.24) is 15.1 Å². The smallest absolute Gasteiger partial charge is 0.226 e. The summed E-state index contributed by atoms with van der Waals surface area (Å²) < 4.78 is 0. The zero-order chi connectivity index (χ0) is 15.4. The minimum atomic E-state index is -0.143. The number of nitrogens with one attached hydrogen (secondary N) is 1. The van der Waals surface area contributed by atoms with Gasteiger partial charge in [-0.2, -0.15) is 0 Å². The Morgan fingerprint density at radius 1 is 1.05 bits per heavy atom. The SMILES string of the molecule is CCCCNC(=O)C1CC1C(=O)N1CCN(C(C)=O)CC1. The Balaban J connectivity index is 1.73. The van der Waals surface area contributed by atoms with Crippen LogP contribution < -0.4 is 5.32 Å². The number of hydrogen-bond acceptors (Lipinski definition) is 3. The van der Waals surface area contributed by atoms with Gasteiger partial charge in [0.2, 0.25) is 17.7 Å². The maximum atomic E-state index is 12.3. The summed E-state index contributed by atoms with van der Waals surface area (Å²) in [5.74, 6) is -0.129. The molecule has 118 valence electrons. The highest BCUT2D eigenvalue weighted by Crippen LogP contribution is 2.40. The zero-order valence-electron chi connectivity index (χ0n) is 12.9. The van der Waals surface area contributed by atoms with E-state index in [4.69, 9.17) is 0 Å². The molecule has 6 heteroatoms. The lowest BCUT2D eigenvalue weighted by Crippen LogP contribution is -2.50. The van der Waals surface area contributed by atoms with E-state index in [2.05, 4.69) is 12.2 Å². The number of rotatable bonds is 5. The molecule has 2 unspecified atom stereocenters. The van der Waals surface area contributed by atoms with Crippen molar-refractivity contribution in [1.29, 1.82) is 0 Å². The third-order valence-corrected chi connectivity index (χ3v) is 4.31.